The van der Waals surface area contributed by atoms with Gasteiger partial charge >= 0.3 is 6.03 Å². The fraction of sp³-hybridized carbons (Fsp3) is 0.385. The SMILES string of the molecule is CC.COc1cc2c(Oc3ccc(NC(=O)NCCC(C)C)c(O)c3)ccnc2cc1OCCO. The Bertz CT molecular complexity index is 1100. The molecule has 0 saturated carbocycles. The van der Waals surface area contributed by atoms with Crippen LogP contribution in [0.2, 0.25) is 0 Å². The number of aromatic hydroxyl groups is 1. The summed E-state index contributed by atoms with van der Waals surface area (Å²) < 4.78 is 16.9. The number of amides is 2. The summed E-state index contributed by atoms with van der Waals surface area (Å²) in [6.45, 7) is 8.72. The van der Waals surface area contributed by atoms with Gasteiger partial charge in [-0.15, -0.1) is 0 Å². The number of rotatable bonds is 10. The molecule has 9 nitrogen and oxygen atoms in total. The Balaban J connectivity index is 0.00000210. The van der Waals surface area contributed by atoms with E-state index in [9.17, 15) is 9.90 Å². The van der Waals surface area contributed by atoms with Crippen LogP contribution in [-0.2, 0) is 0 Å². The molecule has 0 aliphatic heterocycles. The summed E-state index contributed by atoms with van der Waals surface area (Å²) in [6.07, 6.45) is 2.46. The Hall–Kier alpha value is -3.72. The molecule has 0 atom stereocenters. The van der Waals surface area contributed by atoms with Crippen molar-refractivity contribution in [2.24, 2.45) is 5.92 Å². The molecule has 3 rings (SSSR count). The van der Waals surface area contributed by atoms with E-state index in [2.05, 4.69) is 29.5 Å². The maximum atomic E-state index is 12.0. The molecule has 2 aromatic carbocycles. The Labute approximate surface area is 206 Å². The van der Waals surface area contributed by atoms with Gasteiger partial charge in [0.2, 0.25) is 0 Å². The maximum absolute atomic E-state index is 12.0. The first-order valence-corrected chi connectivity index (χ1v) is 11.7. The smallest absolute Gasteiger partial charge is 0.319 e. The number of ether oxygens (including phenoxy) is 3. The van der Waals surface area contributed by atoms with Gasteiger partial charge in [-0.1, -0.05) is 27.7 Å². The number of pyridine rings is 1. The van der Waals surface area contributed by atoms with E-state index in [4.69, 9.17) is 19.3 Å². The monoisotopic (exact) mass is 485 g/mol. The third-order valence-electron chi connectivity index (χ3n) is 4.79. The van der Waals surface area contributed by atoms with Crippen LogP contribution in [0, 0.1) is 5.92 Å². The molecule has 0 bridgehead atoms. The second kappa shape index (κ2) is 13.9. The maximum Gasteiger partial charge on any atom is 0.319 e. The molecular formula is C26H35N3O6. The van der Waals surface area contributed by atoms with Gasteiger partial charge in [0.15, 0.2) is 11.5 Å². The summed E-state index contributed by atoms with van der Waals surface area (Å²) >= 11 is 0. The number of benzene rings is 2. The van der Waals surface area contributed by atoms with Crippen molar-refractivity contribution in [3.63, 3.8) is 0 Å². The molecule has 0 spiro atoms. The van der Waals surface area contributed by atoms with Gasteiger partial charge in [-0.25, -0.2) is 4.79 Å². The molecule has 0 aliphatic rings. The van der Waals surface area contributed by atoms with E-state index in [1.165, 1.54) is 13.2 Å². The molecule has 190 valence electrons. The fourth-order valence-corrected chi connectivity index (χ4v) is 3.09. The number of phenolic OH excluding ortho intramolecular Hbond substituents is 1. The van der Waals surface area contributed by atoms with Crippen molar-refractivity contribution in [3.8, 4) is 28.7 Å². The summed E-state index contributed by atoms with van der Waals surface area (Å²) in [5, 5.41) is 25.4. The molecule has 9 heteroatoms. The van der Waals surface area contributed by atoms with Gasteiger partial charge in [0.05, 0.1) is 24.9 Å². The summed E-state index contributed by atoms with van der Waals surface area (Å²) in [6, 6.07) is 9.39. The number of fused-ring (bicyclic) bond motifs is 1. The number of nitrogens with one attached hydrogen (secondary N) is 2. The second-order valence-electron chi connectivity index (χ2n) is 7.75. The lowest BCUT2D eigenvalue weighted by atomic mass is 10.1. The summed E-state index contributed by atoms with van der Waals surface area (Å²) in [7, 11) is 1.52. The number of carbonyl (C=O) groups is 1. The van der Waals surface area contributed by atoms with Gasteiger partial charge in [0.1, 0.15) is 23.9 Å². The zero-order valence-electron chi connectivity index (χ0n) is 20.9. The van der Waals surface area contributed by atoms with Crippen LogP contribution in [0.3, 0.4) is 0 Å². The van der Waals surface area contributed by atoms with Crippen molar-refractivity contribution in [1.82, 2.24) is 10.3 Å². The van der Waals surface area contributed by atoms with Crippen LogP contribution in [-0.4, -0.2) is 48.1 Å². The molecule has 0 saturated heterocycles. The minimum Gasteiger partial charge on any atom is -0.506 e. The normalized spacial score (nSPS) is 10.4. The number of phenols is 1. The molecule has 4 N–H and O–H groups in total. The second-order valence-corrected chi connectivity index (χ2v) is 7.75. The fourth-order valence-electron chi connectivity index (χ4n) is 3.09. The highest BCUT2D eigenvalue weighted by Crippen LogP contribution is 2.38. The van der Waals surface area contributed by atoms with E-state index in [1.807, 2.05) is 13.8 Å². The predicted octanol–water partition coefficient (Wildman–Crippen LogP) is 5.31. The van der Waals surface area contributed by atoms with Crippen molar-refractivity contribution in [3.05, 3.63) is 42.6 Å². The average Bonchev–Trinajstić information content (AvgIpc) is 2.85. The van der Waals surface area contributed by atoms with Gasteiger partial charge < -0.3 is 35.1 Å². The minimum absolute atomic E-state index is 0.119. The van der Waals surface area contributed by atoms with Crippen LogP contribution >= 0.6 is 0 Å². The lowest BCUT2D eigenvalue weighted by Gasteiger charge is -2.14. The van der Waals surface area contributed by atoms with Crippen molar-refractivity contribution in [2.45, 2.75) is 34.1 Å². The molecule has 3 aromatic rings. The topological polar surface area (TPSA) is 122 Å². The summed E-state index contributed by atoms with van der Waals surface area (Å²) in [5.41, 5.74) is 0.887. The number of aromatic nitrogens is 1. The van der Waals surface area contributed by atoms with Crippen LogP contribution in [0.1, 0.15) is 34.1 Å². The standard InChI is InChI=1S/C24H29N3O6.C2H6/c1-15(2)6-8-26-24(30)27-18-5-4-16(12-20(18)29)33-21-7-9-25-19-14-23(32-11-10-28)22(31-3)13-17(19)21;1-2/h4-5,7,9,12-15,28-29H,6,8,10-11H2,1-3H3,(H2,26,27,30);1-2H3. The van der Waals surface area contributed by atoms with E-state index in [0.29, 0.717) is 46.4 Å². The number of aliphatic hydroxyl groups excluding tert-OH is 1. The largest absolute Gasteiger partial charge is 0.506 e. The van der Waals surface area contributed by atoms with Crippen molar-refractivity contribution < 1.29 is 29.2 Å². The molecule has 0 aliphatic carbocycles. The highest BCUT2D eigenvalue weighted by atomic mass is 16.5. The van der Waals surface area contributed by atoms with E-state index in [0.717, 1.165) is 6.42 Å². The first-order chi connectivity index (χ1) is 16.9. The zero-order valence-corrected chi connectivity index (χ0v) is 20.9. The van der Waals surface area contributed by atoms with Gasteiger partial charge in [0.25, 0.3) is 0 Å². The van der Waals surface area contributed by atoms with E-state index in [1.54, 1.807) is 36.5 Å². The summed E-state index contributed by atoms with van der Waals surface area (Å²) in [4.78, 5) is 16.4. The highest BCUT2D eigenvalue weighted by Gasteiger charge is 2.13. The number of carbonyl (C=O) groups excluding carboxylic acids is 1. The first kappa shape index (κ1) is 27.5. The number of hydrogen-bond donors (Lipinski definition) is 4. The van der Waals surface area contributed by atoms with Gasteiger partial charge in [0, 0.05) is 30.3 Å². The Kier molecular flexibility index (Phi) is 10.9. The first-order valence-electron chi connectivity index (χ1n) is 11.7. The number of urea groups is 1. The van der Waals surface area contributed by atoms with Crippen molar-refractivity contribution >= 4 is 22.6 Å². The molecule has 0 radical (unpaired) electrons. The minimum atomic E-state index is -0.383. The number of nitrogens with zero attached hydrogens (tertiary/aromatic N) is 1. The highest BCUT2D eigenvalue weighted by molar-refractivity contribution is 5.91. The molecule has 2 amide bonds. The van der Waals surface area contributed by atoms with E-state index in [-0.39, 0.29) is 30.7 Å². The van der Waals surface area contributed by atoms with Gasteiger partial charge in [-0.05, 0) is 36.6 Å². The molecule has 0 fully saturated rings. The van der Waals surface area contributed by atoms with Crippen molar-refractivity contribution in [1.29, 1.82) is 0 Å². The molecule has 1 heterocycles. The van der Waals surface area contributed by atoms with Gasteiger partial charge in [-0.2, -0.15) is 0 Å². The number of anilines is 1. The Morgan fingerprint density at radius 1 is 1.09 bits per heavy atom. The average molecular weight is 486 g/mol. The van der Waals surface area contributed by atoms with Crippen LogP contribution in [0.4, 0.5) is 10.5 Å². The lowest BCUT2D eigenvalue weighted by molar-refractivity contribution is 0.196. The molecule has 0 unspecified atom stereocenters. The summed E-state index contributed by atoms with van der Waals surface area (Å²) in [5.74, 6) is 2.17. The third-order valence-corrected chi connectivity index (χ3v) is 4.79. The van der Waals surface area contributed by atoms with E-state index >= 15 is 0 Å². The number of methoxy groups -OCH3 is 1. The Morgan fingerprint density at radius 2 is 1.86 bits per heavy atom. The quantitative estimate of drug-likeness (QED) is 0.287. The number of hydrogen-bond acceptors (Lipinski definition) is 7. The third kappa shape index (κ3) is 7.92. The number of aliphatic hydroxyl groups is 1. The van der Waals surface area contributed by atoms with Crippen LogP contribution in [0.5, 0.6) is 28.7 Å². The molecular weight excluding hydrogens is 450 g/mol. The van der Waals surface area contributed by atoms with Crippen molar-refractivity contribution in [2.75, 3.05) is 32.2 Å². The van der Waals surface area contributed by atoms with Crippen LogP contribution in [0.25, 0.3) is 10.9 Å². The van der Waals surface area contributed by atoms with Crippen LogP contribution < -0.4 is 24.8 Å². The Morgan fingerprint density at radius 3 is 2.51 bits per heavy atom. The van der Waals surface area contributed by atoms with E-state index < -0.39 is 0 Å². The predicted molar refractivity (Wildman–Crippen MR) is 137 cm³/mol. The lowest BCUT2D eigenvalue weighted by Crippen LogP contribution is -2.30. The van der Waals surface area contributed by atoms with Gasteiger partial charge in [-0.3, -0.25) is 4.98 Å². The molecule has 35 heavy (non-hydrogen) atoms. The molecule has 1 aromatic heterocycles. The zero-order chi connectivity index (χ0) is 25.8. The van der Waals surface area contributed by atoms with Crippen LogP contribution in [0.15, 0.2) is 42.6 Å².